The van der Waals surface area contributed by atoms with Crippen LogP contribution in [0.3, 0.4) is 0 Å². The van der Waals surface area contributed by atoms with Crippen LogP contribution in [-0.2, 0) is 0 Å². The van der Waals surface area contributed by atoms with Crippen molar-refractivity contribution in [3.05, 3.63) is 84.6 Å². The molecule has 242 valence electrons. The SMILES string of the molecule is BrBr.Brc1ccc(Br)c2nsnc12.C.C.O=[N+]([O-])O.O=[N+]([O-])c1c([N+](=O)[O-])c(Br)c2nsnc2c1Br.c1ccc2nsnc2c1. The molecule has 25 heteroatoms. The number of rotatable bonds is 2. The van der Waals surface area contributed by atoms with E-state index in [9.17, 15) is 20.2 Å². The zero-order chi connectivity index (χ0) is 32.3. The van der Waals surface area contributed by atoms with Gasteiger partial charge < -0.3 is 5.21 Å². The van der Waals surface area contributed by atoms with Gasteiger partial charge in [0.1, 0.15) is 42.0 Å². The zero-order valence-electron chi connectivity index (χ0n) is 19.9. The van der Waals surface area contributed by atoms with Gasteiger partial charge in [0.15, 0.2) is 0 Å². The third-order valence-electron chi connectivity index (χ3n) is 4.39. The van der Waals surface area contributed by atoms with Gasteiger partial charge in [-0.1, -0.05) is 27.0 Å². The minimum Gasteiger partial charge on any atom is -0.328 e. The predicted molar refractivity (Wildman–Crippen MR) is 196 cm³/mol. The highest BCUT2D eigenvalue weighted by Gasteiger charge is 2.35. The quantitative estimate of drug-likeness (QED) is 0.126. The average molecular weight is 1070 g/mol. The molecular formula is C20H15Br6N9O7S3. The monoisotopic (exact) mass is 1060 g/mol. The van der Waals surface area contributed by atoms with Crippen LogP contribution in [0.15, 0.2) is 54.3 Å². The van der Waals surface area contributed by atoms with Crippen molar-refractivity contribution in [2.75, 3.05) is 0 Å². The second-order valence-corrected chi connectivity index (χ2v) is 11.7. The summed E-state index contributed by atoms with van der Waals surface area (Å²) in [5.41, 5.74) is 2.99. The van der Waals surface area contributed by atoms with Crippen LogP contribution in [0.5, 0.6) is 0 Å². The summed E-state index contributed by atoms with van der Waals surface area (Å²) in [6.07, 6.45) is 0. The van der Waals surface area contributed by atoms with E-state index in [1.54, 1.807) is 0 Å². The summed E-state index contributed by atoms with van der Waals surface area (Å²) in [6, 6.07) is 11.7. The van der Waals surface area contributed by atoms with Crippen LogP contribution in [0, 0.1) is 30.3 Å². The van der Waals surface area contributed by atoms with E-state index in [0.717, 1.165) is 42.7 Å². The predicted octanol–water partition coefficient (Wildman–Crippen LogP) is 10.6. The molecule has 0 bridgehead atoms. The number of nitro groups is 2. The summed E-state index contributed by atoms with van der Waals surface area (Å²) in [5.74, 6) is 0. The van der Waals surface area contributed by atoms with Crippen molar-refractivity contribution in [3.63, 3.8) is 0 Å². The highest BCUT2D eigenvalue weighted by Crippen LogP contribution is 2.45. The molecule has 0 fully saturated rings. The maximum Gasteiger partial charge on any atom is 0.363 e. The fraction of sp³-hybridized carbons (Fsp3) is 0.100. The Morgan fingerprint density at radius 2 is 0.867 bits per heavy atom. The summed E-state index contributed by atoms with van der Waals surface area (Å²) < 4.78 is 26.0. The van der Waals surface area contributed by atoms with E-state index in [-0.39, 0.29) is 34.8 Å². The Morgan fingerprint density at radius 1 is 0.578 bits per heavy atom. The number of hydrogen-bond donors (Lipinski definition) is 1. The third kappa shape index (κ3) is 11.6. The first-order valence-corrected chi connectivity index (χ1v) is 19.1. The molecule has 3 aromatic heterocycles. The molecule has 0 saturated heterocycles. The van der Waals surface area contributed by atoms with Gasteiger partial charge in [-0.25, -0.2) is 0 Å². The molecule has 3 aromatic carbocycles. The molecule has 1 N–H and O–H groups in total. The number of hydrogen-bond acceptors (Lipinski definition) is 15. The maximum absolute atomic E-state index is 10.9. The van der Waals surface area contributed by atoms with Gasteiger partial charge in [-0.3, -0.25) is 20.2 Å². The van der Waals surface area contributed by atoms with Gasteiger partial charge in [0.2, 0.25) is 0 Å². The first-order valence-electron chi connectivity index (χ1n) is 10.1. The Hall–Kier alpha value is -2.00. The molecule has 0 aliphatic rings. The summed E-state index contributed by atoms with van der Waals surface area (Å²) >= 11 is 21.5. The maximum atomic E-state index is 10.9. The lowest BCUT2D eigenvalue weighted by Gasteiger charge is -2.00. The van der Waals surface area contributed by atoms with E-state index in [1.807, 2.05) is 36.4 Å². The van der Waals surface area contributed by atoms with Crippen molar-refractivity contribution in [2.24, 2.45) is 0 Å². The van der Waals surface area contributed by atoms with Gasteiger partial charge in [0.25, 0.3) is 5.09 Å². The molecule has 6 rings (SSSR count). The number of aromatic nitrogens is 6. The lowest BCUT2D eigenvalue weighted by atomic mass is 10.2. The largest absolute Gasteiger partial charge is 0.363 e. The van der Waals surface area contributed by atoms with Crippen LogP contribution in [0.1, 0.15) is 14.9 Å². The Morgan fingerprint density at radius 3 is 1.18 bits per heavy atom. The molecule has 0 aliphatic heterocycles. The normalized spacial score (nSPS) is 9.38. The fourth-order valence-electron chi connectivity index (χ4n) is 2.78. The standard InChI is InChI=1S/C6Br2N4O4S.C6H2Br2N2S.C6H4N2S.2CH4.Br2.HNO3/c7-1-3-4(10-17-9-3)2(8)6(12(15)16)5(1)11(13)14;7-3-1-2-4(8)6-5(3)9-11-10-6;1-2-4-6-5(3-1)7-9-8-6;;;1-2;2-1(3)4/h;1-2H;1-4H;2*1H4;;(H,2,3,4). The van der Waals surface area contributed by atoms with Crippen molar-refractivity contribution >= 4 is 172 Å². The summed E-state index contributed by atoms with van der Waals surface area (Å²) in [4.78, 5) is 28.4. The third-order valence-corrected chi connectivity index (χ3v) is 8.78. The van der Waals surface area contributed by atoms with E-state index < -0.39 is 26.3 Å². The molecule has 0 amide bonds. The molecule has 0 aliphatic carbocycles. The van der Waals surface area contributed by atoms with Gasteiger partial charge in [-0.05, 0) is 88.0 Å². The Kier molecular flexibility index (Phi) is 20.1. The van der Waals surface area contributed by atoms with Crippen molar-refractivity contribution in [1.82, 2.24) is 26.2 Å². The van der Waals surface area contributed by atoms with Gasteiger partial charge in [0, 0.05) is 37.2 Å². The lowest BCUT2D eigenvalue weighted by molar-refractivity contribution is -0.742. The topological polar surface area (TPSA) is 227 Å². The minimum atomic E-state index is -1.50. The van der Waals surface area contributed by atoms with Crippen molar-refractivity contribution in [3.8, 4) is 0 Å². The first-order chi connectivity index (χ1) is 20.4. The lowest BCUT2D eigenvalue weighted by Crippen LogP contribution is -1.99. The van der Waals surface area contributed by atoms with Crippen LogP contribution in [0.25, 0.3) is 33.1 Å². The molecule has 0 unspecified atom stereocenters. The number of halogens is 6. The van der Waals surface area contributed by atoms with E-state index >= 15 is 0 Å². The number of fused-ring (bicyclic) bond motifs is 3. The van der Waals surface area contributed by atoms with Crippen molar-refractivity contribution < 1.29 is 20.1 Å². The van der Waals surface area contributed by atoms with Crippen molar-refractivity contribution in [1.29, 1.82) is 0 Å². The Labute approximate surface area is 314 Å². The van der Waals surface area contributed by atoms with Crippen LogP contribution in [0.4, 0.5) is 11.4 Å². The Balaban J connectivity index is 0.000000603. The summed E-state index contributed by atoms with van der Waals surface area (Å²) in [6.45, 7) is 0. The smallest absolute Gasteiger partial charge is 0.328 e. The highest BCUT2D eigenvalue weighted by atomic mass is 80.9. The molecular weight excluding hydrogens is 1050 g/mol. The first kappa shape index (κ1) is 43.0. The van der Waals surface area contributed by atoms with Gasteiger partial charge in [-0.15, -0.1) is 10.1 Å². The molecule has 45 heavy (non-hydrogen) atoms. The van der Waals surface area contributed by atoms with E-state index in [4.69, 9.17) is 15.3 Å². The van der Waals surface area contributed by atoms with Crippen LogP contribution >= 0.6 is 127 Å². The van der Waals surface area contributed by atoms with E-state index in [2.05, 4.69) is 118 Å². The minimum absolute atomic E-state index is 0. The van der Waals surface area contributed by atoms with Gasteiger partial charge in [0.05, 0.1) is 45.0 Å². The summed E-state index contributed by atoms with van der Waals surface area (Å²) in [7, 11) is 0. The van der Waals surface area contributed by atoms with Crippen LogP contribution in [-0.4, -0.2) is 46.4 Å². The molecule has 0 radical (unpaired) electrons. The molecule has 0 spiro atoms. The molecule has 0 saturated carbocycles. The zero-order valence-corrected chi connectivity index (χ0v) is 31.8. The second kappa shape index (κ2) is 21.0. The fourth-order valence-corrected chi connectivity index (χ4v) is 6.94. The van der Waals surface area contributed by atoms with Gasteiger partial charge in [-0.2, -0.15) is 26.2 Å². The van der Waals surface area contributed by atoms with Gasteiger partial charge >= 0.3 is 11.4 Å². The van der Waals surface area contributed by atoms with Crippen LogP contribution in [0.2, 0.25) is 0 Å². The molecule has 16 nitrogen and oxygen atoms in total. The van der Waals surface area contributed by atoms with Crippen molar-refractivity contribution in [2.45, 2.75) is 14.9 Å². The number of benzene rings is 3. The Bertz CT molecular complexity index is 1770. The van der Waals surface area contributed by atoms with E-state index in [1.165, 1.54) is 23.5 Å². The molecule has 0 atom stereocenters. The number of nitrogens with zero attached hydrogens (tertiary/aromatic N) is 9. The summed E-state index contributed by atoms with van der Waals surface area (Å²) in [5, 5.41) is 35.4. The average Bonchev–Trinajstić information content (AvgIpc) is 3.75. The number of nitro benzene ring substituents is 2. The molecule has 3 heterocycles. The second-order valence-electron chi connectivity index (χ2n) is 6.78. The molecule has 6 aromatic rings. The van der Waals surface area contributed by atoms with Crippen LogP contribution < -0.4 is 0 Å². The van der Waals surface area contributed by atoms with E-state index in [0.29, 0.717) is 0 Å². The highest BCUT2D eigenvalue weighted by molar-refractivity contribution is 9.93.